The lowest BCUT2D eigenvalue weighted by Crippen LogP contribution is -2.22. The lowest BCUT2D eigenvalue weighted by atomic mass is 10.0. The predicted octanol–water partition coefficient (Wildman–Crippen LogP) is 2.38. The highest BCUT2D eigenvalue weighted by Crippen LogP contribution is 2.24. The van der Waals surface area contributed by atoms with Crippen LogP contribution in [0.25, 0.3) is 0 Å². The maximum absolute atomic E-state index is 4.59. The van der Waals surface area contributed by atoms with Gasteiger partial charge < -0.3 is 5.32 Å². The van der Waals surface area contributed by atoms with Gasteiger partial charge in [0.2, 0.25) is 0 Å². The highest BCUT2D eigenvalue weighted by Gasteiger charge is 2.16. The lowest BCUT2D eigenvalue weighted by Gasteiger charge is -2.12. The van der Waals surface area contributed by atoms with E-state index < -0.39 is 0 Å². The molecule has 1 N–H and O–H groups in total. The Bertz CT molecular complexity index is 476. The van der Waals surface area contributed by atoms with Crippen molar-refractivity contribution in [3.8, 4) is 0 Å². The van der Waals surface area contributed by atoms with Crippen LogP contribution in [-0.4, -0.2) is 10.9 Å². The highest BCUT2D eigenvalue weighted by molar-refractivity contribution is 7.06. The third-order valence-electron chi connectivity index (χ3n) is 3.00. The number of hydrogen-bond donors (Lipinski definition) is 1. The van der Waals surface area contributed by atoms with Gasteiger partial charge in [-0.25, -0.2) is 0 Å². The largest absolute Gasteiger partial charge is 0.311 e. The van der Waals surface area contributed by atoms with E-state index in [1.807, 2.05) is 0 Å². The molecule has 2 heterocycles. The Hall–Kier alpha value is -1.19. The fourth-order valence-electron chi connectivity index (χ4n) is 2.15. The molecule has 1 aromatic carbocycles. The van der Waals surface area contributed by atoms with Gasteiger partial charge in [0.05, 0.1) is 5.69 Å². The Balaban J connectivity index is 1.88. The highest BCUT2D eigenvalue weighted by atomic mass is 32.1. The molecule has 0 spiro atoms. The average Bonchev–Trinajstić information content (AvgIpc) is 2.74. The molecule has 1 aliphatic rings. The molecule has 0 aliphatic carbocycles. The Labute approximate surface area is 99.5 Å². The van der Waals surface area contributed by atoms with Crippen LogP contribution in [-0.2, 0) is 19.4 Å². The summed E-state index contributed by atoms with van der Waals surface area (Å²) in [4.78, 5) is 1.43. The first-order valence-electron chi connectivity index (χ1n) is 5.64. The van der Waals surface area contributed by atoms with E-state index in [0.717, 1.165) is 25.9 Å². The zero-order chi connectivity index (χ0) is 10.8. The number of rotatable bonds is 2. The quantitative estimate of drug-likeness (QED) is 0.857. The summed E-state index contributed by atoms with van der Waals surface area (Å²) in [6.45, 7) is 2.09. The summed E-state index contributed by atoms with van der Waals surface area (Å²) in [5.74, 6) is 0. The van der Waals surface area contributed by atoms with Gasteiger partial charge in [0, 0.05) is 17.8 Å². The Morgan fingerprint density at radius 1 is 1.25 bits per heavy atom. The molecule has 3 rings (SSSR count). The second kappa shape index (κ2) is 4.36. The van der Waals surface area contributed by atoms with Gasteiger partial charge in [0.25, 0.3) is 0 Å². The van der Waals surface area contributed by atoms with Crippen LogP contribution in [0.5, 0.6) is 0 Å². The third kappa shape index (κ3) is 1.88. The summed E-state index contributed by atoms with van der Waals surface area (Å²) in [7, 11) is 0. The van der Waals surface area contributed by atoms with Gasteiger partial charge in [0.1, 0.15) is 0 Å². The van der Waals surface area contributed by atoms with Crippen LogP contribution in [0.3, 0.4) is 0 Å². The van der Waals surface area contributed by atoms with E-state index in [0.29, 0.717) is 0 Å². The normalized spacial score (nSPS) is 14.8. The second-order valence-electron chi connectivity index (χ2n) is 4.12. The molecule has 0 atom stereocenters. The monoisotopic (exact) mass is 230 g/mol. The van der Waals surface area contributed by atoms with Crippen molar-refractivity contribution >= 4 is 11.5 Å². The fraction of sp³-hybridized carbons (Fsp3) is 0.308. The number of benzene rings is 1. The van der Waals surface area contributed by atoms with Crippen LogP contribution >= 0.6 is 11.5 Å². The maximum Gasteiger partial charge on any atom is 0.0621 e. The molecule has 3 heteroatoms. The van der Waals surface area contributed by atoms with Crippen molar-refractivity contribution in [2.45, 2.75) is 19.4 Å². The van der Waals surface area contributed by atoms with E-state index in [2.05, 4.69) is 40.0 Å². The van der Waals surface area contributed by atoms with Crippen LogP contribution in [0.4, 0.5) is 0 Å². The molecule has 0 unspecified atom stereocenters. The van der Waals surface area contributed by atoms with Gasteiger partial charge in [-0.15, -0.1) is 0 Å². The van der Waals surface area contributed by atoms with Crippen LogP contribution < -0.4 is 5.32 Å². The van der Waals surface area contributed by atoms with Crippen molar-refractivity contribution in [2.75, 3.05) is 6.54 Å². The number of fused-ring (bicyclic) bond motifs is 1. The molecule has 82 valence electrons. The summed E-state index contributed by atoms with van der Waals surface area (Å²) in [5, 5.41) is 3.39. The van der Waals surface area contributed by atoms with Crippen molar-refractivity contribution in [1.82, 2.24) is 9.69 Å². The number of aromatic nitrogens is 1. The molecule has 16 heavy (non-hydrogen) atoms. The van der Waals surface area contributed by atoms with Gasteiger partial charge in [-0.1, -0.05) is 30.3 Å². The molecule has 0 saturated carbocycles. The van der Waals surface area contributed by atoms with Crippen molar-refractivity contribution in [1.29, 1.82) is 0 Å². The van der Waals surface area contributed by atoms with Crippen LogP contribution in [0.2, 0.25) is 0 Å². The van der Waals surface area contributed by atoms with E-state index in [1.54, 1.807) is 11.5 Å². The minimum atomic E-state index is 0.979. The number of nitrogens with zero attached hydrogens (tertiary/aromatic N) is 1. The fourth-order valence-corrected chi connectivity index (χ4v) is 3.04. The minimum Gasteiger partial charge on any atom is -0.311 e. The van der Waals surface area contributed by atoms with Crippen LogP contribution in [0, 0.1) is 0 Å². The summed E-state index contributed by atoms with van der Waals surface area (Å²) in [6, 6.07) is 10.6. The Morgan fingerprint density at radius 3 is 3.00 bits per heavy atom. The summed E-state index contributed by atoms with van der Waals surface area (Å²) in [6.07, 6.45) is 2.11. The molecule has 1 aromatic heterocycles. The molecule has 1 aliphatic heterocycles. The smallest absolute Gasteiger partial charge is 0.0621 e. The first kappa shape index (κ1) is 10.00. The van der Waals surface area contributed by atoms with Gasteiger partial charge in [-0.3, -0.25) is 0 Å². The minimum absolute atomic E-state index is 0.979. The summed E-state index contributed by atoms with van der Waals surface area (Å²) < 4.78 is 4.59. The van der Waals surface area contributed by atoms with Crippen LogP contribution in [0.1, 0.15) is 21.7 Å². The molecule has 0 amide bonds. The first-order chi connectivity index (χ1) is 7.93. The molecular formula is C13H14N2S. The molecular weight excluding hydrogens is 216 g/mol. The van der Waals surface area contributed by atoms with Crippen LogP contribution in [0.15, 0.2) is 30.3 Å². The van der Waals surface area contributed by atoms with Gasteiger partial charge in [-0.05, 0) is 35.6 Å². The second-order valence-corrected chi connectivity index (χ2v) is 4.98. The Morgan fingerprint density at radius 2 is 2.12 bits per heavy atom. The first-order valence-corrected chi connectivity index (χ1v) is 6.42. The molecule has 0 radical (unpaired) electrons. The molecule has 0 bridgehead atoms. The SMILES string of the molecule is c1ccc(Cc2nsc3c2CCNC3)cc1. The molecule has 0 fully saturated rings. The Kier molecular flexibility index (Phi) is 2.72. The van der Waals surface area contributed by atoms with Gasteiger partial charge in [-0.2, -0.15) is 4.37 Å². The van der Waals surface area contributed by atoms with Crippen molar-refractivity contribution < 1.29 is 0 Å². The summed E-state index contributed by atoms with van der Waals surface area (Å²) in [5.41, 5.74) is 4.13. The van der Waals surface area contributed by atoms with E-state index >= 15 is 0 Å². The predicted molar refractivity (Wildman–Crippen MR) is 66.8 cm³/mol. The van der Waals surface area contributed by atoms with E-state index in [4.69, 9.17) is 0 Å². The van der Waals surface area contributed by atoms with Gasteiger partial charge >= 0.3 is 0 Å². The van der Waals surface area contributed by atoms with E-state index in [1.165, 1.54) is 21.7 Å². The van der Waals surface area contributed by atoms with Crippen molar-refractivity contribution in [3.63, 3.8) is 0 Å². The van der Waals surface area contributed by atoms with E-state index in [-0.39, 0.29) is 0 Å². The van der Waals surface area contributed by atoms with Gasteiger partial charge in [0.15, 0.2) is 0 Å². The topological polar surface area (TPSA) is 24.9 Å². The maximum atomic E-state index is 4.59. The molecule has 2 nitrogen and oxygen atoms in total. The summed E-state index contributed by atoms with van der Waals surface area (Å²) >= 11 is 1.66. The number of nitrogens with one attached hydrogen (secondary N) is 1. The zero-order valence-electron chi connectivity index (χ0n) is 9.07. The number of hydrogen-bond acceptors (Lipinski definition) is 3. The average molecular weight is 230 g/mol. The standard InChI is InChI=1S/C13H14N2S/c1-2-4-10(5-3-1)8-12-11-6-7-14-9-13(11)16-15-12/h1-5,14H,6-9H2. The van der Waals surface area contributed by atoms with Crippen molar-refractivity contribution in [3.05, 3.63) is 52.0 Å². The van der Waals surface area contributed by atoms with Crippen molar-refractivity contribution in [2.24, 2.45) is 0 Å². The zero-order valence-corrected chi connectivity index (χ0v) is 9.89. The molecule has 2 aromatic rings. The van der Waals surface area contributed by atoms with E-state index in [9.17, 15) is 0 Å². The lowest BCUT2D eigenvalue weighted by molar-refractivity contribution is 0.650. The third-order valence-corrected chi connectivity index (χ3v) is 3.93. The molecule has 0 saturated heterocycles.